The van der Waals surface area contributed by atoms with Crippen LogP contribution in [-0.2, 0) is 0 Å². The third-order valence-corrected chi connectivity index (χ3v) is 1.28. The normalized spacial score (nSPS) is 12.5. The molecule has 0 bridgehead atoms. The zero-order valence-electron chi connectivity index (χ0n) is 5.18. The molecule has 1 unspecified atom stereocenters. The molecule has 6 heavy (non-hydrogen) atoms. The van der Waals surface area contributed by atoms with Crippen LogP contribution in [0.15, 0.2) is 0 Å². The molecule has 1 atom stereocenters. The fourth-order valence-corrected chi connectivity index (χ4v) is 0. The van der Waals surface area contributed by atoms with Gasteiger partial charge in [-0.15, -0.1) is 0 Å². The molecule has 0 aliphatic heterocycles. The van der Waals surface area contributed by atoms with Gasteiger partial charge in [0.15, 0.2) is 0 Å². The molecule has 0 aromatic carbocycles. The third-order valence-electron chi connectivity index (χ3n) is 0.264. The van der Waals surface area contributed by atoms with Gasteiger partial charge in [-0.1, -0.05) is 6.92 Å². The van der Waals surface area contributed by atoms with Crippen molar-refractivity contribution in [2.45, 2.75) is 12.2 Å². The average molecular weight is 132 g/mol. The molecule has 0 heterocycles. The fourth-order valence-electron chi connectivity index (χ4n) is 0. The summed E-state index contributed by atoms with van der Waals surface area (Å²) in [6, 6.07) is 0. The SMILES string of the molecule is CC(S)CS.[H-].[Na+]. The molecule has 0 aliphatic carbocycles. The van der Waals surface area contributed by atoms with Crippen molar-refractivity contribution in [2.75, 3.05) is 5.75 Å². The average Bonchev–Trinajstić information content (AvgIpc) is 1.38. The molecule has 0 aliphatic rings. The Morgan fingerprint density at radius 2 is 2.00 bits per heavy atom. The van der Waals surface area contributed by atoms with Crippen molar-refractivity contribution in [1.29, 1.82) is 0 Å². The van der Waals surface area contributed by atoms with Gasteiger partial charge in [0.1, 0.15) is 0 Å². The molecule has 0 nitrogen and oxygen atoms in total. The zero-order valence-corrected chi connectivity index (χ0v) is 7.97. The number of rotatable bonds is 1. The topological polar surface area (TPSA) is 0 Å². The Morgan fingerprint density at radius 3 is 2.00 bits per heavy atom. The van der Waals surface area contributed by atoms with Crippen LogP contribution in [0.3, 0.4) is 0 Å². The summed E-state index contributed by atoms with van der Waals surface area (Å²) in [4.78, 5) is 0. The largest absolute Gasteiger partial charge is 1.00 e. The van der Waals surface area contributed by atoms with Crippen LogP contribution in [0.5, 0.6) is 0 Å². The van der Waals surface area contributed by atoms with Crippen LogP contribution in [0.4, 0.5) is 0 Å². The predicted octanol–water partition coefficient (Wildman–Crippen LogP) is -1.65. The predicted molar refractivity (Wildman–Crippen MR) is 33.4 cm³/mol. The summed E-state index contributed by atoms with van der Waals surface area (Å²) >= 11 is 7.96. The molecule has 3 heteroatoms. The molecule has 0 radical (unpaired) electrons. The second-order valence-corrected chi connectivity index (χ2v) is 2.28. The summed E-state index contributed by atoms with van der Waals surface area (Å²) in [5.41, 5.74) is 0. The van der Waals surface area contributed by atoms with E-state index in [0.29, 0.717) is 5.25 Å². The second-order valence-electron chi connectivity index (χ2n) is 1.03. The van der Waals surface area contributed by atoms with Gasteiger partial charge in [0.2, 0.25) is 0 Å². The molecule has 0 fully saturated rings. The van der Waals surface area contributed by atoms with E-state index in [0.717, 1.165) is 5.75 Å². The van der Waals surface area contributed by atoms with Crippen LogP contribution in [0.25, 0.3) is 0 Å². The van der Waals surface area contributed by atoms with E-state index < -0.39 is 0 Å². The van der Waals surface area contributed by atoms with Crippen molar-refractivity contribution < 1.29 is 31.0 Å². The van der Waals surface area contributed by atoms with E-state index in [1.807, 2.05) is 6.92 Å². The van der Waals surface area contributed by atoms with Crippen LogP contribution in [0.1, 0.15) is 8.35 Å². The van der Waals surface area contributed by atoms with E-state index in [1.54, 1.807) is 0 Å². The minimum Gasteiger partial charge on any atom is -1.00 e. The third kappa shape index (κ3) is 9.20. The van der Waals surface area contributed by atoms with E-state index in [1.165, 1.54) is 0 Å². The first kappa shape index (κ1) is 10.6. The zero-order chi connectivity index (χ0) is 4.28. The maximum Gasteiger partial charge on any atom is 1.00 e. The molecule has 0 spiro atoms. The van der Waals surface area contributed by atoms with Crippen LogP contribution in [0, 0.1) is 0 Å². The Morgan fingerprint density at radius 1 is 1.83 bits per heavy atom. The summed E-state index contributed by atoms with van der Waals surface area (Å²) in [7, 11) is 0. The quantitative estimate of drug-likeness (QED) is 0.310. The van der Waals surface area contributed by atoms with E-state index >= 15 is 0 Å². The van der Waals surface area contributed by atoms with Gasteiger partial charge >= 0.3 is 29.6 Å². The minimum absolute atomic E-state index is 0. The summed E-state index contributed by atoms with van der Waals surface area (Å²) in [5, 5.41) is 0.443. The molecule has 0 rings (SSSR count). The minimum atomic E-state index is 0. The van der Waals surface area contributed by atoms with Gasteiger partial charge in [0.25, 0.3) is 0 Å². The van der Waals surface area contributed by atoms with Gasteiger partial charge in [0.05, 0.1) is 0 Å². The van der Waals surface area contributed by atoms with Gasteiger partial charge in [-0.05, 0) is 0 Å². The van der Waals surface area contributed by atoms with Crippen molar-refractivity contribution in [3.63, 3.8) is 0 Å². The maximum absolute atomic E-state index is 4.02. The Balaban J connectivity index is -0.0000000800. The Bertz CT molecular complexity index is 26.9. The molecule has 0 aromatic rings. The second kappa shape index (κ2) is 6.70. The van der Waals surface area contributed by atoms with Gasteiger partial charge < -0.3 is 1.43 Å². The van der Waals surface area contributed by atoms with Gasteiger partial charge in [-0.2, -0.15) is 25.3 Å². The molecule has 0 saturated carbocycles. The Kier molecular flexibility index (Phi) is 11.9. The molecule has 0 saturated heterocycles. The fraction of sp³-hybridized carbons (Fsp3) is 1.00. The standard InChI is InChI=1S/C3H8S2.Na.H/c1-3(5)2-4;;/h3-5H,2H2,1H3;;/q;+1;-1. The van der Waals surface area contributed by atoms with Crippen LogP contribution < -0.4 is 29.6 Å². The van der Waals surface area contributed by atoms with Crippen LogP contribution in [-0.4, -0.2) is 11.0 Å². The molecule has 34 valence electrons. The number of thiol groups is 2. The first-order valence-electron chi connectivity index (χ1n) is 1.56. The van der Waals surface area contributed by atoms with E-state index in [2.05, 4.69) is 25.3 Å². The van der Waals surface area contributed by atoms with E-state index in [-0.39, 0.29) is 31.0 Å². The molecule has 0 N–H and O–H groups in total. The number of hydrogen-bond acceptors (Lipinski definition) is 2. The molecule has 0 aromatic heterocycles. The summed E-state index contributed by atoms with van der Waals surface area (Å²) in [6.45, 7) is 2.01. The van der Waals surface area contributed by atoms with Crippen molar-refractivity contribution in [2.24, 2.45) is 0 Å². The summed E-state index contributed by atoms with van der Waals surface area (Å²) < 4.78 is 0. The van der Waals surface area contributed by atoms with Gasteiger partial charge in [-0.3, -0.25) is 0 Å². The smallest absolute Gasteiger partial charge is 1.00 e. The van der Waals surface area contributed by atoms with E-state index in [9.17, 15) is 0 Å². The van der Waals surface area contributed by atoms with Gasteiger partial charge in [0, 0.05) is 11.0 Å². The first-order valence-corrected chi connectivity index (χ1v) is 2.71. The van der Waals surface area contributed by atoms with Crippen LogP contribution in [0.2, 0.25) is 0 Å². The monoisotopic (exact) mass is 132 g/mol. The first-order chi connectivity index (χ1) is 2.27. The molecule has 0 amide bonds. The maximum atomic E-state index is 4.02. The summed E-state index contributed by atoms with van der Waals surface area (Å²) in [5.74, 6) is 0.864. The molecular weight excluding hydrogens is 123 g/mol. The van der Waals surface area contributed by atoms with E-state index in [4.69, 9.17) is 0 Å². The number of hydrogen-bond donors (Lipinski definition) is 2. The van der Waals surface area contributed by atoms with Crippen molar-refractivity contribution in [3.05, 3.63) is 0 Å². The van der Waals surface area contributed by atoms with Gasteiger partial charge in [-0.25, -0.2) is 0 Å². The Labute approximate surface area is 73.7 Å². The van der Waals surface area contributed by atoms with Crippen molar-refractivity contribution >= 4 is 25.3 Å². The van der Waals surface area contributed by atoms with Crippen LogP contribution >= 0.6 is 25.3 Å². The van der Waals surface area contributed by atoms with Crippen molar-refractivity contribution in [1.82, 2.24) is 0 Å². The Hall–Kier alpha value is 1.70. The summed E-state index contributed by atoms with van der Waals surface area (Å²) in [6.07, 6.45) is 0. The molecular formula is C3H9NaS2. The van der Waals surface area contributed by atoms with Crippen molar-refractivity contribution in [3.8, 4) is 0 Å².